The fourth-order valence-corrected chi connectivity index (χ4v) is 2.46. The van der Waals surface area contributed by atoms with Gasteiger partial charge in [-0.1, -0.05) is 40.5 Å². The van der Waals surface area contributed by atoms with Crippen molar-refractivity contribution >= 4 is 0 Å². The van der Waals surface area contributed by atoms with Gasteiger partial charge < -0.3 is 5.11 Å². The summed E-state index contributed by atoms with van der Waals surface area (Å²) in [6, 6.07) is 0.718. The first-order valence-corrected chi connectivity index (χ1v) is 6.87. The summed E-state index contributed by atoms with van der Waals surface area (Å²) in [5.74, 6) is 0. The monoisotopic (exact) mass is 227 g/mol. The highest BCUT2D eigenvalue weighted by Gasteiger charge is 2.28. The third-order valence-corrected chi connectivity index (χ3v) is 3.78. The summed E-state index contributed by atoms with van der Waals surface area (Å²) in [5, 5.41) is 10.2. The van der Waals surface area contributed by atoms with Gasteiger partial charge in [0.1, 0.15) is 0 Å². The van der Waals surface area contributed by atoms with E-state index in [1.807, 2.05) is 0 Å². The van der Waals surface area contributed by atoms with E-state index in [2.05, 4.69) is 32.6 Å². The van der Waals surface area contributed by atoms with Crippen LogP contribution in [-0.4, -0.2) is 35.2 Å². The lowest BCUT2D eigenvalue weighted by atomic mass is 9.87. The number of hydrogen-bond acceptors (Lipinski definition) is 2. The molecule has 2 unspecified atom stereocenters. The fraction of sp³-hybridized carbons (Fsp3) is 1.00. The number of aliphatic hydroxyl groups excluding tert-OH is 1. The van der Waals surface area contributed by atoms with Gasteiger partial charge in [-0.3, -0.25) is 4.90 Å². The summed E-state index contributed by atoms with van der Waals surface area (Å²) >= 11 is 0. The van der Waals surface area contributed by atoms with E-state index in [-0.39, 0.29) is 11.5 Å². The van der Waals surface area contributed by atoms with Gasteiger partial charge in [-0.15, -0.1) is 0 Å². The minimum atomic E-state index is -0.204. The molecule has 0 radical (unpaired) electrons. The largest absolute Gasteiger partial charge is 0.391 e. The second-order valence-corrected chi connectivity index (χ2v) is 6.32. The molecule has 1 heterocycles. The lowest BCUT2D eigenvalue weighted by Gasteiger charge is -2.39. The molecule has 0 amide bonds. The average molecular weight is 227 g/mol. The van der Waals surface area contributed by atoms with E-state index >= 15 is 0 Å². The maximum Gasteiger partial charge on any atom is 0.0715 e. The van der Waals surface area contributed by atoms with Crippen LogP contribution in [0.3, 0.4) is 0 Å². The van der Waals surface area contributed by atoms with Gasteiger partial charge in [0.25, 0.3) is 0 Å². The summed E-state index contributed by atoms with van der Waals surface area (Å²) in [4.78, 5) is 2.52. The van der Waals surface area contributed by atoms with Crippen LogP contribution in [0.4, 0.5) is 0 Å². The van der Waals surface area contributed by atoms with Gasteiger partial charge in [0.05, 0.1) is 6.10 Å². The van der Waals surface area contributed by atoms with Gasteiger partial charge in [0, 0.05) is 12.6 Å². The molecule has 0 aromatic carbocycles. The smallest absolute Gasteiger partial charge is 0.0715 e. The van der Waals surface area contributed by atoms with Crippen molar-refractivity contribution < 1.29 is 5.11 Å². The third-order valence-electron chi connectivity index (χ3n) is 3.78. The maximum atomic E-state index is 10.2. The van der Waals surface area contributed by atoms with Crippen molar-refractivity contribution in [3.63, 3.8) is 0 Å². The lowest BCUT2D eigenvalue weighted by Crippen LogP contribution is -2.46. The quantitative estimate of drug-likeness (QED) is 0.798. The maximum absolute atomic E-state index is 10.2. The fourth-order valence-electron chi connectivity index (χ4n) is 2.46. The highest BCUT2D eigenvalue weighted by Crippen LogP contribution is 2.25. The Hall–Kier alpha value is -0.0800. The van der Waals surface area contributed by atoms with Crippen LogP contribution in [0.2, 0.25) is 0 Å². The standard InChI is InChI=1S/C14H29NO/c1-5-8-12-9-6-7-10-15(12)11-13(16)14(2,3)4/h12-13,16H,5-11H2,1-4H3. The Morgan fingerprint density at radius 3 is 2.56 bits per heavy atom. The van der Waals surface area contributed by atoms with E-state index in [0.29, 0.717) is 0 Å². The molecule has 2 atom stereocenters. The Kier molecular flexibility index (Phi) is 5.26. The molecule has 1 saturated heterocycles. The van der Waals surface area contributed by atoms with E-state index < -0.39 is 0 Å². The second kappa shape index (κ2) is 6.02. The van der Waals surface area contributed by atoms with Crippen molar-refractivity contribution in [2.75, 3.05) is 13.1 Å². The van der Waals surface area contributed by atoms with E-state index in [4.69, 9.17) is 0 Å². The molecule has 0 aromatic heterocycles. The van der Waals surface area contributed by atoms with Crippen molar-refractivity contribution in [3.8, 4) is 0 Å². The van der Waals surface area contributed by atoms with Crippen molar-refractivity contribution in [1.29, 1.82) is 0 Å². The van der Waals surface area contributed by atoms with Gasteiger partial charge >= 0.3 is 0 Å². The van der Waals surface area contributed by atoms with Crippen LogP contribution >= 0.6 is 0 Å². The highest BCUT2D eigenvalue weighted by atomic mass is 16.3. The van der Waals surface area contributed by atoms with Crippen LogP contribution in [0.1, 0.15) is 59.8 Å². The van der Waals surface area contributed by atoms with Crippen LogP contribution in [0.5, 0.6) is 0 Å². The van der Waals surface area contributed by atoms with Crippen LogP contribution in [-0.2, 0) is 0 Å². The molecule has 1 N–H and O–H groups in total. The molecule has 16 heavy (non-hydrogen) atoms. The van der Waals surface area contributed by atoms with E-state index in [1.54, 1.807) is 0 Å². The first-order chi connectivity index (χ1) is 7.45. The van der Waals surface area contributed by atoms with Crippen molar-refractivity contribution in [2.24, 2.45) is 5.41 Å². The summed E-state index contributed by atoms with van der Waals surface area (Å²) < 4.78 is 0. The molecule has 2 heteroatoms. The van der Waals surface area contributed by atoms with E-state index in [0.717, 1.165) is 12.6 Å². The molecule has 0 bridgehead atoms. The van der Waals surface area contributed by atoms with Crippen LogP contribution < -0.4 is 0 Å². The van der Waals surface area contributed by atoms with Crippen molar-refractivity contribution in [3.05, 3.63) is 0 Å². The zero-order chi connectivity index (χ0) is 12.2. The van der Waals surface area contributed by atoms with E-state index in [1.165, 1.54) is 38.6 Å². The van der Waals surface area contributed by atoms with Crippen molar-refractivity contribution in [2.45, 2.75) is 71.9 Å². The number of rotatable bonds is 4. The zero-order valence-electron chi connectivity index (χ0n) is 11.5. The Balaban J connectivity index is 2.49. The summed E-state index contributed by atoms with van der Waals surface area (Å²) in [6.07, 6.45) is 6.34. The molecule has 2 nitrogen and oxygen atoms in total. The van der Waals surface area contributed by atoms with Gasteiger partial charge in [0.15, 0.2) is 0 Å². The van der Waals surface area contributed by atoms with E-state index in [9.17, 15) is 5.11 Å². The minimum absolute atomic E-state index is 0.00815. The molecule has 0 aliphatic carbocycles. The molecule has 96 valence electrons. The normalized spacial score (nSPS) is 25.7. The highest BCUT2D eigenvalue weighted by molar-refractivity contribution is 4.82. The lowest BCUT2D eigenvalue weighted by molar-refractivity contribution is 0.00506. The topological polar surface area (TPSA) is 23.5 Å². The molecule has 0 aromatic rings. The van der Waals surface area contributed by atoms with Gasteiger partial charge in [-0.2, -0.15) is 0 Å². The number of β-amino-alcohol motifs (C(OH)–C–C–N with tert-alkyl or cyclic N) is 1. The Bertz CT molecular complexity index is 195. The number of likely N-dealkylation sites (tertiary alicyclic amines) is 1. The molecule has 1 aliphatic heterocycles. The van der Waals surface area contributed by atoms with Gasteiger partial charge in [-0.25, -0.2) is 0 Å². The third kappa shape index (κ3) is 4.06. The molecular weight excluding hydrogens is 198 g/mol. The summed E-state index contributed by atoms with van der Waals surface area (Å²) in [5.41, 5.74) is 0.00815. The summed E-state index contributed by atoms with van der Waals surface area (Å²) in [6.45, 7) is 10.7. The molecular formula is C14H29NO. The Morgan fingerprint density at radius 2 is 2.00 bits per heavy atom. The van der Waals surface area contributed by atoms with Crippen LogP contribution in [0, 0.1) is 5.41 Å². The first-order valence-electron chi connectivity index (χ1n) is 6.87. The van der Waals surface area contributed by atoms with Crippen molar-refractivity contribution in [1.82, 2.24) is 4.90 Å². The predicted octanol–water partition coefficient (Wildman–Crippen LogP) is 3.05. The number of piperidine rings is 1. The predicted molar refractivity (Wildman–Crippen MR) is 69.6 cm³/mol. The van der Waals surface area contributed by atoms with Gasteiger partial charge in [0.2, 0.25) is 0 Å². The first kappa shape index (κ1) is 14.0. The Morgan fingerprint density at radius 1 is 1.31 bits per heavy atom. The number of aliphatic hydroxyl groups is 1. The average Bonchev–Trinajstić information content (AvgIpc) is 2.20. The van der Waals surface area contributed by atoms with Crippen LogP contribution in [0.25, 0.3) is 0 Å². The number of hydrogen-bond donors (Lipinski definition) is 1. The Labute approximate surface area is 101 Å². The molecule has 0 saturated carbocycles. The SMILES string of the molecule is CCCC1CCCCN1CC(O)C(C)(C)C. The zero-order valence-corrected chi connectivity index (χ0v) is 11.5. The number of nitrogens with zero attached hydrogens (tertiary/aromatic N) is 1. The minimum Gasteiger partial charge on any atom is -0.391 e. The van der Waals surface area contributed by atoms with Gasteiger partial charge in [-0.05, 0) is 31.2 Å². The second-order valence-electron chi connectivity index (χ2n) is 6.32. The summed E-state index contributed by atoms with van der Waals surface area (Å²) in [7, 11) is 0. The molecule has 1 aliphatic rings. The van der Waals surface area contributed by atoms with Crippen LogP contribution in [0.15, 0.2) is 0 Å². The molecule has 0 spiro atoms. The molecule has 1 fully saturated rings. The molecule has 1 rings (SSSR count).